The van der Waals surface area contributed by atoms with Crippen LogP contribution >= 0.6 is 11.6 Å². The van der Waals surface area contributed by atoms with Crippen LogP contribution < -0.4 is 5.32 Å². The van der Waals surface area contributed by atoms with Gasteiger partial charge in [-0.2, -0.15) is 0 Å². The highest BCUT2D eigenvalue weighted by Gasteiger charge is 2.22. The quantitative estimate of drug-likeness (QED) is 0.875. The first-order valence-corrected chi connectivity index (χ1v) is 8.20. The molecule has 0 saturated heterocycles. The molecule has 0 aromatic heterocycles. The van der Waals surface area contributed by atoms with Gasteiger partial charge in [0.1, 0.15) is 0 Å². The lowest BCUT2D eigenvalue weighted by Gasteiger charge is -2.18. The lowest BCUT2D eigenvalue weighted by atomic mass is 10.1. The Morgan fingerprint density at radius 3 is 2.73 bits per heavy atom. The predicted molar refractivity (Wildman–Crippen MR) is 87.5 cm³/mol. The molecule has 1 aromatic carbocycles. The van der Waals surface area contributed by atoms with Gasteiger partial charge < -0.3 is 10.2 Å². The number of halogens is 1. The first kappa shape index (κ1) is 16.8. The zero-order chi connectivity index (χ0) is 15.9. The summed E-state index contributed by atoms with van der Waals surface area (Å²) in [4.78, 5) is 25.6. The number of carbonyl (C=O) groups is 2. The van der Waals surface area contributed by atoms with E-state index in [4.69, 9.17) is 11.6 Å². The average molecular weight is 323 g/mol. The SMILES string of the molecule is CN(Cc1cccc(Cl)c1)C(=O)CCNC(=O)C1CCCC1. The fourth-order valence-corrected chi connectivity index (χ4v) is 3.03. The number of benzene rings is 1. The molecule has 0 spiro atoms. The molecule has 2 amide bonds. The van der Waals surface area contributed by atoms with Gasteiger partial charge in [-0.25, -0.2) is 0 Å². The minimum atomic E-state index is 0.0201. The normalized spacial score (nSPS) is 14.8. The second-order valence-electron chi connectivity index (χ2n) is 5.90. The van der Waals surface area contributed by atoms with Gasteiger partial charge in [-0.15, -0.1) is 0 Å². The molecule has 1 saturated carbocycles. The van der Waals surface area contributed by atoms with Crippen molar-refractivity contribution >= 4 is 23.4 Å². The van der Waals surface area contributed by atoms with Crippen LogP contribution in [-0.2, 0) is 16.1 Å². The molecule has 2 rings (SSSR count). The molecule has 5 heteroatoms. The van der Waals surface area contributed by atoms with Crippen LogP contribution in [-0.4, -0.2) is 30.3 Å². The predicted octanol–water partition coefficient (Wildman–Crippen LogP) is 2.99. The monoisotopic (exact) mass is 322 g/mol. The number of nitrogens with zero attached hydrogens (tertiary/aromatic N) is 1. The van der Waals surface area contributed by atoms with Crippen molar-refractivity contribution in [2.45, 2.75) is 38.6 Å². The topological polar surface area (TPSA) is 49.4 Å². The molecule has 0 aliphatic heterocycles. The molecule has 22 heavy (non-hydrogen) atoms. The number of carbonyl (C=O) groups excluding carboxylic acids is 2. The molecule has 1 aromatic rings. The van der Waals surface area contributed by atoms with Gasteiger partial charge in [-0.3, -0.25) is 9.59 Å². The third-order valence-electron chi connectivity index (χ3n) is 4.10. The van der Waals surface area contributed by atoms with Gasteiger partial charge in [0.05, 0.1) is 0 Å². The van der Waals surface area contributed by atoms with Crippen LogP contribution in [0, 0.1) is 5.92 Å². The average Bonchev–Trinajstić information content (AvgIpc) is 3.01. The van der Waals surface area contributed by atoms with Crippen LogP contribution in [0.5, 0.6) is 0 Å². The molecule has 120 valence electrons. The lowest BCUT2D eigenvalue weighted by Crippen LogP contribution is -2.34. The van der Waals surface area contributed by atoms with Gasteiger partial charge in [-0.05, 0) is 30.5 Å². The summed E-state index contributed by atoms with van der Waals surface area (Å²) in [6.07, 6.45) is 4.57. The summed E-state index contributed by atoms with van der Waals surface area (Å²) in [7, 11) is 1.77. The van der Waals surface area contributed by atoms with Crippen molar-refractivity contribution in [3.63, 3.8) is 0 Å². The Hall–Kier alpha value is -1.55. The molecular weight excluding hydrogens is 300 g/mol. The molecule has 0 radical (unpaired) electrons. The van der Waals surface area contributed by atoms with E-state index in [0.29, 0.717) is 24.5 Å². The van der Waals surface area contributed by atoms with E-state index in [9.17, 15) is 9.59 Å². The summed E-state index contributed by atoms with van der Waals surface area (Å²) in [6, 6.07) is 7.48. The van der Waals surface area contributed by atoms with Gasteiger partial charge in [0.2, 0.25) is 11.8 Å². The molecule has 1 N–H and O–H groups in total. The fraction of sp³-hybridized carbons (Fsp3) is 0.529. The maximum Gasteiger partial charge on any atom is 0.224 e. The lowest BCUT2D eigenvalue weighted by molar-refractivity contribution is -0.130. The van der Waals surface area contributed by atoms with E-state index in [1.54, 1.807) is 11.9 Å². The number of nitrogens with one attached hydrogen (secondary N) is 1. The van der Waals surface area contributed by atoms with Crippen LogP contribution in [0.4, 0.5) is 0 Å². The first-order chi connectivity index (χ1) is 10.6. The van der Waals surface area contributed by atoms with Gasteiger partial charge >= 0.3 is 0 Å². The second-order valence-corrected chi connectivity index (χ2v) is 6.34. The van der Waals surface area contributed by atoms with Crippen molar-refractivity contribution in [1.29, 1.82) is 0 Å². The zero-order valence-corrected chi connectivity index (χ0v) is 13.7. The minimum Gasteiger partial charge on any atom is -0.355 e. The second kappa shape index (κ2) is 8.18. The highest BCUT2D eigenvalue weighted by molar-refractivity contribution is 6.30. The maximum absolute atomic E-state index is 12.1. The van der Waals surface area contributed by atoms with E-state index < -0.39 is 0 Å². The summed E-state index contributed by atoms with van der Waals surface area (Å²) in [5.74, 6) is 0.272. The van der Waals surface area contributed by atoms with Crippen molar-refractivity contribution in [2.75, 3.05) is 13.6 Å². The summed E-state index contributed by atoms with van der Waals surface area (Å²) in [5, 5.41) is 3.54. The van der Waals surface area contributed by atoms with Crippen LogP contribution in [0.3, 0.4) is 0 Å². The third-order valence-corrected chi connectivity index (χ3v) is 4.33. The molecule has 4 nitrogen and oxygen atoms in total. The molecular formula is C17H23ClN2O2. The molecule has 1 aliphatic carbocycles. The Morgan fingerprint density at radius 2 is 2.05 bits per heavy atom. The standard InChI is InChI=1S/C17H23ClN2O2/c1-20(12-13-5-4-8-15(18)11-13)16(21)9-10-19-17(22)14-6-2-3-7-14/h4-5,8,11,14H,2-3,6-7,9-10,12H2,1H3,(H,19,22). The largest absolute Gasteiger partial charge is 0.355 e. The summed E-state index contributed by atoms with van der Waals surface area (Å²) in [6.45, 7) is 0.935. The first-order valence-electron chi connectivity index (χ1n) is 7.82. The molecule has 0 atom stereocenters. The van der Waals surface area contributed by atoms with Crippen LogP contribution in [0.1, 0.15) is 37.7 Å². The number of hydrogen-bond donors (Lipinski definition) is 1. The molecule has 0 bridgehead atoms. The molecule has 1 fully saturated rings. The smallest absolute Gasteiger partial charge is 0.224 e. The Bertz CT molecular complexity index is 527. The van der Waals surface area contributed by atoms with Crippen molar-refractivity contribution in [2.24, 2.45) is 5.92 Å². The van der Waals surface area contributed by atoms with Crippen molar-refractivity contribution in [1.82, 2.24) is 10.2 Å². The van der Waals surface area contributed by atoms with Crippen molar-refractivity contribution in [3.05, 3.63) is 34.9 Å². The van der Waals surface area contributed by atoms with Gasteiger partial charge in [0.25, 0.3) is 0 Å². The number of rotatable bonds is 6. The Morgan fingerprint density at radius 1 is 1.32 bits per heavy atom. The Kier molecular flexibility index (Phi) is 6.25. The summed E-state index contributed by atoms with van der Waals surface area (Å²) >= 11 is 5.94. The molecule has 0 heterocycles. The van der Waals surface area contributed by atoms with Crippen LogP contribution in [0.25, 0.3) is 0 Å². The Balaban J connectivity index is 1.71. The molecule has 0 unspecified atom stereocenters. The van der Waals surface area contributed by atoms with E-state index in [0.717, 1.165) is 31.2 Å². The van der Waals surface area contributed by atoms with E-state index in [1.807, 2.05) is 24.3 Å². The third kappa shape index (κ3) is 5.02. The highest BCUT2D eigenvalue weighted by Crippen LogP contribution is 2.24. The van der Waals surface area contributed by atoms with Crippen molar-refractivity contribution in [3.8, 4) is 0 Å². The number of hydrogen-bond acceptors (Lipinski definition) is 2. The van der Waals surface area contributed by atoms with E-state index >= 15 is 0 Å². The van der Waals surface area contributed by atoms with E-state index in [2.05, 4.69) is 5.32 Å². The minimum absolute atomic E-state index is 0.0201. The van der Waals surface area contributed by atoms with Gasteiger partial charge in [0.15, 0.2) is 0 Å². The van der Waals surface area contributed by atoms with Gasteiger partial charge in [-0.1, -0.05) is 36.6 Å². The maximum atomic E-state index is 12.1. The fourth-order valence-electron chi connectivity index (χ4n) is 2.81. The van der Waals surface area contributed by atoms with E-state index in [1.165, 1.54) is 0 Å². The zero-order valence-electron chi connectivity index (χ0n) is 13.0. The summed E-state index contributed by atoms with van der Waals surface area (Å²) in [5.41, 5.74) is 0.998. The van der Waals surface area contributed by atoms with Crippen LogP contribution in [0.2, 0.25) is 5.02 Å². The van der Waals surface area contributed by atoms with E-state index in [-0.39, 0.29) is 17.7 Å². The highest BCUT2D eigenvalue weighted by atomic mass is 35.5. The summed E-state index contributed by atoms with van der Waals surface area (Å²) < 4.78 is 0. The number of amides is 2. The van der Waals surface area contributed by atoms with Gasteiger partial charge in [0, 0.05) is 37.5 Å². The Labute approximate surface area is 136 Å². The van der Waals surface area contributed by atoms with Crippen LogP contribution in [0.15, 0.2) is 24.3 Å². The molecule has 1 aliphatic rings. The van der Waals surface area contributed by atoms with Crippen molar-refractivity contribution < 1.29 is 9.59 Å².